The summed E-state index contributed by atoms with van der Waals surface area (Å²) in [6, 6.07) is 0.578. The van der Waals surface area contributed by atoms with Crippen molar-refractivity contribution in [2.24, 2.45) is 0 Å². The fraction of sp³-hybridized carbons (Fsp3) is 0.750. The summed E-state index contributed by atoms with van der Waals surface area (Å²) in [6.07, 6.45) is 12.7. The highest BCUT2D eigenvalue weighted by Crippen LogP contribution is 2.31. The van der Waals surface area contributed by atoms with Crippen molar-refractivity contribution >= 4 is 0 Å². The Hall–Kier alpha value is -0.800. The molecule has 3 rings (SSSR count). The van der Waals surface area contributed by atoms with Gasteiger partial charge >= 0.3 is 0 Å². The van der Waals surface area contributed by atoms with Crippen LogP contribution in [0.3, 0.4) is 0 Å². The van der Waals surface area contributed by atoms with Crippen LogP contribution < -0.4 is 5.32 Å². The van der Waals surface area contributed by atoms with E-state index in [1.165, 1.54) is 44.1 Å². The van der Waals surface area contributed by atoms with Gasteiger partial charge in [0.2, 0.25) is 0 Å². The second-order valence-electron chi connectivity index (χ2n) is 5.97. The van der Waals surface area contributed by atoms with Crippen LogP contribution in [-0.2, 0) is 17.7 Å². The Morgan fingerprint density at radius 2 is 2.26 bits per heavy atom. The van der Waals surface area contributed by atoms with Gasteiger partial charge in [-0.05, 0) is 56.2 Å². The van der Waals surface area contributed by atoms with Gasteiger partial charge in [0.15, 0.2) is 0 Å². The Morgan fingerprint density at radius 3 is 3.05 bits per heavy atom. The van der Waals surface area contributed by atoms with E-state index in [9.17, 15) is 0 Å². The smallest absolute Gasteiger partial charge is 0.0754 e. The summed E-state index contributed by atoms with van der Waals surface area (Å²) in [5, 5.41) is 3.69. The zero-order chi connectivity index (χ0) is 13.1. The lowest BCUT2D eigenvalue weighted by atomic mass is 9.91. The van der Waals surface area contributed by atoms with E-state index in [1.54, 1.807) is 5.56 Å². The molecule has 1 fully saturated rings. The van der Waals surface area contributed by atoms with Gasteiger partial charge in [0.25, 0.3) is 0 Å². The molecule has 0 aromatic carbocycles. The van der Waals surface area contributed by atoms with Crippen molar-refractivity contribution in [2.45, 2.75) is 64.1 Å². The van der Waals surface area contributed by atoms with E-state index in [1.807, 2.05) is 0 Å². The first kappa shape index (κ1) is 13.2. The van der Waals surface area contributed by atoms with E-state index < -0.39 is 0 Å². The molecule has 1 aromatic heterocycles. The molecule has 106 valence electrons. The first-order chi connectivity index (χ1) is 9.36. The van der Waals surface area contributed by atoms with Gasteiger partial charge in [-0.15, -0.1) is 0 Å². The number of nitrogens with one attached hydrogen (secondary N) is 1. The average Bonchev–Trinajstić information content (AvgIpc) is 3.05. The molecule has 0 bridgehead atoms. The number of hydrogen-bond donors (Lipinski definition) is 1. The number of fused-ring (bicyclic) bond motifs is 1. The van der Waals surface area contributed by atoms with Crippen LogP contribution in [-0.4, -0.2) is 23.8 Å². The Kier molecular flexibility index (Phi) is 4.24. The van der Waals surface area contributed by atoms with E-state index in [4.69, 9.17) is 4.74 Å². The van der Waals surface area contributed by atoms with Crippen LogP contribution in [0.15, 0.2) is 12.4 Å². The molecule has 1 aromatic rings. The van der Waals surface area contributed by atoms with Crippen molar-refractivity contribution in [3.8, 4) is 0 Å². The number of rotatable bonds is 5. The molecule has 1 N–H and O–H groups in total. The van der Waals surface area contributed by atoms with Crippen molar-refractivity contribution < 1.29 is 4.74 Å². The Morgan fingerprint density at radius 1 is 1.32 bits per heavy atom. The third-order valence-corrected chi connectivity index (χ3v) is 4.39. The van der Waals surface area contributed by atoms with Gasteiger partial charge in [-0.3, -0.25) is 0 Å². The van der Waals surface area contributed by atoms with E-state index in [0.29, 0.717) is 12.1 Å². The topological polar surface area (TPSA) is 26.2 Å². The Bertz CT molecular complexity index is 407. The lowest BCUT2D eigenvalue weighted by molar-refractivity contribution is 0.0970. The van der Waals surface area contributed by atoms with Gasteiger partial charge in [0.1, 0.15) is 0 Å². The molecule has 0 spiro atoms. The number of aryl methyl sites for hydroxylation is 1. The van der Waals surface area contributed by atoms with Gasteiger partial charge in [-0.1, -0.05) is 6.92 Å². The minimum Gasteiger partial charge on any atom is -0.376 e. The van der Waals surface area contributed by atoms with Gasteiger partial charge in [-0.25, -0.2) is 0 Å². The molecule has 1 saturated heterocycles. The number of nitrogens with zero attached hydrogens (tertiary/aromatic N) is 1. The first-order valence-electron chi connectivity index (χ1n) is 7.90. The van der Waals surface area contributed by atoms with E-state index in [-0.39, 0.29) is 0 Å². The van der Waals surface area contributed by atoms with Crippen LogP contribution >= 0.6 is 0 Å². The largest absolute Gasteiger partial charge is 0.376 e. The van der Waals surface area contributed by atoms with Gasteiger partial charge in [0, 0.05) is 31.6 Å². The second-order valence-corrected chi connectivity index (χ2v) is 5.97. The molecule has 2 unspecified atom stereocenters. The highest BCUT2D eigenvalue weighted by atomic mass is 16.5. The molecule has 19 heavy (non-hydrogen) atoms. The summed E-state index contributed by atoms with van der Waals surface area (Å²) in [4.78, 5) is 0. The summed E-state index contributed by atoms with van der Waals surface area (Å²) < 4.78 is 8.11. The first-order valence-corrected chi connectivity index (χ1v) is 7.90. The SMILES string of the molecule is CCCNC1CCCc2cn(CC3CCCO3)cc21. The van der Waals surface area contributed by atoms with Crippen molar-refractivity contribution in [1.82, 2.24) is 9.88 Å². The van der Waals surface area contributed by atoms with E-state index >= 15 is 0 Å². The van der Waals surface area contributed by atoms with Crippen molar-refractivity contribution in [3.05, 3.63) is 23.5 Å². The highest BCUT2D eigenvalue weighted by Gasteiger charge is 2.23. The third kappa shape index (κ3) is 3.03. The van der Waals surface area contributed by atoms with E-state index in [2.05, 4.69) is 29.2 Å². The molecule has 0 amide bonds. The predicted octanol–water partition coefficient (Wildman–Crippen LogP) is 3.04. The van der Waals surface area contributed by atoms with Crippen molar-refractivity contribution in [2.75, 3.05) is 13.2 Å². The lowest BCUT2D eigenvalue weighted by Gasteiger charge is -2.23. The van der Waals surface area contributed by atoms with E-state index in [0.717, 1.165) is 19.7 Å². The summed E-state index contributed by atoms with van der Waals surface area (Å²) in [5.74, 6) is 0. The second kappa shape index (κ2) is 6.10. The highest BCUT2D eigenvalue weighted by molar-refractivity contribution is 5.30. The maximum absolute atomic E-state index is 5.74. The standard InChI is InChI=1S/C16H26N2O/c1-2-8-17-16-7-3-5-13-10-18(12-15(13)16)11-14-6-4-9-19-14/h10,12,14,16-17H,2-9,11H2,1H3. The number of ether oxygens (including phenoxy) is 1. The molecule has 2 aliphatic rings. The molecular weight excluding hydrogens is 236 g/mol. The molecule has 2 atom stereocenters. The summed E-state index contributed by atoms with van der Waals surface area (Å²) in [7, 11) is 0. The molecule has 2 heterocycles. The van der Waals surface area contributed by atoms with Crippen LogP contribution in [0.4, 0.5) is 0 Å². The van der Waals surface area contributed by atoms with Crippen molar-refractivity contribution in [1.29, 1.82) is 0 Å². The summed E-state index contributed by atoms with van der Waals surface area (Å²) >= 11 is 0. The molecule has 1 aliphatic carbocycles. The maximum Gasteiger partial charge on any atom is 0.0754 e. The van der Waals surface area contributed by atoms with Crippen LogP contribution in [0, 0.1) is 0 Å². The molecule has 0 saturated carbocycles. The minimum atomic E-state index is 0.441. The lowest BCUT2D eigenvalue weighted by Crippen LogP contribution is -2.25. The molecule has 3 heteroatoms. The van der Waals surface area contributed by atoms with Crippen LogP contribution in [0.1, 0.15) is 56.2 Å². The summed E-state index contributed by atoms with van der Waals surface area (Å²) in [5.41, 5.74) is 3.09. The minimum absolute atomic E-state index is 0.441. The fourth-order valence-corrected chi connectivity index (χ4v) is 3.41. The molecular formula is C16H26N2O. The zero-order valence-corrected chi connectivity index (χ0v) is 12.0. The fourth-order valence-electron chi connectivity index (χ4n) is 3.41. The van der Waals surface area contributed by atoms with Crippen LogP contribution in [0.5, 0.6) is 0 Å². The Labute approximate surface area is 116 Å². The van der Waals surface area contributed by atoms with Gasteiger partial charge < -0.3 is 14.6 Å². The predicted molar refractivity (Wildman–Crippen MR) is 77.4 cm³/mol. The van der Waals surface area contributed by atoms with Crippen molar-refractivity contribution in [3.63, 3.8) is 0 Å². The zero-order valence-electron chi connectivity index (χ0n) is 12.0. The maximum atomic E-state index is 5.74. The van der Waals surface area contributed by atoms with Crippen LogP contribution in [0.2, 0.25) is 0 Å². The van der Waals surface area contributed by atoms with Gasteiger partial charge in [0.05, 0.1) is 6.10 Å². The normalized spacial score (nSPS) is 26.6. The number of hydrogen-bond acceptors (Lipinski definition) is 2. The summed E-state index contributed by atoms with van der Waals surface area (Å²) in [6.45, 7) is 5.35. The quantitative estimate of drug-likeness (QED) is 0.882. The average molecular weight is 262 g/mol. The molecule has 0 radical (unpaired) electrons. The van der Waals surface area contributed by atoms with Gasteiger partial charge in [-0.2, -0.15) is 0 Å². The number of aromatic nitrogens is 1. The third-order valence-electron chi connectivity index (χ3n) is 4.39. The Balaban J connectivity index is 1.69. The molecule has 3 nitrogen and oxygen atoms in total. The monoisotopic (exact) mass is 262 g/mol. The van der Waals surface area contributed by atoms with Crippen LogP contribution in [0.25, 0.3) is 0 Å². The molecule has 1 aliphatic heterocycles.